The molecule has 0 radical (unpaired) electrons. The Morgan fingerprint density at radius 1 is 1.59 bits per heavy atom. The first-order valence-corrected chi connectivity index (χ1v) is 5.58. The molecule has 0 saturated heterocycles. The molecule has 0 amide bonds. The van der Waals surface area contributed by atoms with Crippen molar-refractivity contribution in [1.82, 2.24) is 9.78 Å². The van der Waals surface area contributed by atoms with Gasteiger partial charge in [-0.05, 0) is 24.4 Å². The van der Waals surface area contributed by atoms with Crippen LogP contribution < -0.4 is 0 Å². The van der Waals surface area contributed by atoms with Crippen molar-refractivity contribution in [2.75, 3.05) is 0 Å². The zero-order chi connectivity index (χ0) is 13.2. The van der Waals surface area contributed by atoms with Gasteiger partial charge in [0.15, 0.2) is 0 Å². The molecule has 7 heteroatoms. The minimum atomic E-state index is -3.74. The molecule has 1 N–H and O–H groups in total. The number of aromatic nitrogens is 2. The number of carbonyl (C=O) groups is 1. The van der Waals surface area contributed by atoms with Gasteiger partial charge in [-0.15, -0.1) is 0 Å². The highest BCUT2D eigenvalue weighted by Crippen LogP contribution is 2.36. The minimum Gasteiger partial charge on any atom is -0.478 e. The molecule has 0 unspecified atom stereocenters. The normalized spacial score (nSPS) is 12.1. The number of rotatable bonds is 5. The molecule has 0 aliphatic rings. The molecule has 4 nitrogen and oxygen atoms in total. The summed E-state index contributed by atoms with van der Waals surface area (Å²) in [6.07, 6.45) is 2.04. The number of hydrogen-bond acceptors (Lipinski definition) is 2. The smallest absolute Gasteiger partial charge is 0.365 e. The summed E-state index contributed by atoms with van der Waals surface area (Å²) in [5, 5.41) is 8.80. The zero-order valence-corrected chi connectivity index (χ0v) is 10.2. The second-order valence-electron chi connectivity index (χ2n) is 3.62. The number of alkyl halides is 3. The Hall–Kier alpha value is -1.17. The first kappa shape index (κ1) is 13.9. The standard InChI is InChI=1S/C10H13ClF2N2O2/c1-3-6(4-2)15-8(10(11,12)13)7(5-14-15)9(16)17/h5-6H,3-4H2,1-2H3,(H,16,17). The molecule has 1 aromatic heterocycles. The average molecular weight is 267 g/mol. The van der Waals surface area contributed by atoms with Gasteiger partial charge in [-0.2, -0.15) is 13.9 Å². The van der Waals surface area contributed by atoms with E-state index in [1.54, 1.807) is 0 Å². The van der Waals surface area contributed by atoms with Crippen LogP contribution in [0, 0.1) is 0 Å². The molecule has 1 rings (SSSR count). The molecule has 0 aliphatic heterocycles. The molecule has 0 aliphatic carbocycles. The van der Waals surface area contributed by atoms with Crippen LogP contribution in [0.15, 0.2) is 6.20 Å². The Balaban J connectivity index is 3.37. The number of nitrogens with zero attached hydrogens (tertiary/aromatic N) is 2. The maximum atomic E-state index is 13.2. The van der Waals surface area contributed by atoms with Crippen LogP contribution in [-0.4, -0.2) is 20.9 Å². The van der Waals surface area contributed by atoms with Crippen LogP contribution in [0.1, 0.15) is 48.8 Å². The fraction of sp³-hybridized carbons (Fsp3) is 0.600. The quantitative estimate of drug-likeness (QED) is 0.833. The van der Waals surface area contributed by atoms with Crippen LogP contribution in [0.4, 0.5) is 8.78 Å². The van der Waals surface area contributed by atoms with Crippen LogP contribution in [0.25, 0.3) is 0 Å². The van der Waals surface area contributed by atoms with Crippen molar-refractivity contribution in [1.29, 1.82) is 0 Å². The van der Waals surface area contributed by atoms with Crippen LogP contribution >= 0.6 is 11.6 Å². The van der Waals surface area contributed by atoms with E-state index in [-0.39, 0.29) is 6.04 Å². The minimum absolute atomic E-state index is 0.289. The lowest BCUT2D eigenvalue weighted by Gasteiger charge is -2.19. The molecule has 0 saturated carbocycles. The van der Waals surface area contributed by atoms with E-state index >= 15 is 0 Å². The summed E-state index contributed by atoms with van der Waals surface area (Å²) >= 11 is 4.95. The highest BCUT2D eigenvalue weighted by molar-refractivity contribution is 6.22. The summed E-state index contributed by atoms with van der Waals surface area (Å²) in [6, 6.07) is -0.289. The molecule has 0 spiro atoms. The van der Waals surface area contributed by atoms with Gasteiger partial charge in [0.05, 0.1) is 12.2 Å². The number of carboxylic acids is 1. The largest absolute Gasteiger partial charge is 0.478 e. The van der Waals surface area contributed by atoms with Crippen molar-refractivity contribution in [3.05, 3.63) is 17.5 Å². The van der Waals surface area contributed by atoms with Gasteiger partial charge in [0.1, 0.15) is 11.3 Å². The first-order valence-electron chi connectivity index (χ1n) is 5.20. The van der Waals surface area contributed by atoms with Crippen LogP contribution in [0.5, 0.6) is 0 Å². The van der Waals surface area contributed by atoms with E-state index in [9.17, 15) is 13.6 Å². The van der Waals surface area contributed by atoms with E-state index in [4.69, 9.17) is 16.7 Å². The van der Waals surface area contributed by atoms with Gasteiger partial charge >= 0.3 is 11.4 Å². The van der Waals surface area contributed by atoms with Crippen LogP contribution in [0.3, 0.4) is 0 Å². The Morgan fingerprint density at radius 2 is 2.12 bits per heavy atom. The lowest BCUT2D eigenvalue weighted by molar-refractivity contribution is 0.0632. The fourth-order valence-corrected chi connectivity index (χ4v) is 1.90. The summed E-state index contributed by atoms with van der Waals surface area (Å²) in [5.41, 5.74) is -1.31. The van der Waals surface area contributed by atoms with Crippen molar-refractivity contribution in [3.8, 4) is 0 Å². The summed E-state index contributed by atoms with van der Waals surface area (Å²) in [7, 11) is 0. The predicted molar refractivity (Wildman–Crippen MR) is 58.6 cm³/mol. The van der Waals surface area contributed by atoms with Crippen molar-refractivity contribution in [2.45, 2.75) is 38.1 Å². The van der Waals surface area contributed by atoms with Gasteiger partial charge in [0.2, 0.25) is 0 Å². The van der Waals surface area contributed by atoms with Gasteiger partial charge in [-0.25, -0.2) is 4.79 Å². The summed E-state index contributed by atoms with van der Waals surface area (Å²) < 4.78 is 27.5. The van der Waals surface area contributed by atoms with Crippen LogP contribution in [0.2, 0.25) is 0 Å². The SMILES string of the molecule is CCC(CC)n1ncc(C(=O)O)c1C(F)(F)Cl. The molecule has 0 atom stereocenters. The molecule has 1 heterocycles. The molecular formula is C10H13ClF2N2O2. The molecule has 0 fully saturated rings. The number of carboxylic acid groups (broad SMARTS) is 1. The van der Waals surface area contributed by atoms with Crippen molar-refractivity contribution >= 4 is 17.6 Å². The molecule has 0 aromatic carbocycles. The summed E-state index contributed by atoms with van der Waals surface area (Å²) in [5.74, 6) is -1.46. The Kier molecular flexibility index (Phi) is 4.08. The van der Waals surface area contributed by atoms with Gasteiger partial charge in [-0.1, -0.05) is 13.8 Å². The molecule has 0 bridgehead atoms. The van der Waals surface area contributed by atoms with Gasteiger partial charge in [0, 0.05) is 0 Å². The van der Waals surface area contributed by atoms with E-state index in [2.05, 4.69) is 5.10 Å². The third-order valence-electron chi connectivity index (χ3n) is 2.58. The highest BCUT2D eigenvalue weighted by atomic mass is 35.5. The third kappa shape index (κ3) is 2.74. The maximum absolute atomic E-state index is 13.2. The van der Waals surface area contributed by atoms with E-state index < -0.39 is 22.6 Å². The van der Waals surface area contributed by atoms with Gasteiger partial charge < -0.3 is 5.11 Å². The van der Waals surface area contributed by atoms with E-state index in [1.807, 2.05) is 13.8 Å². The van der Waals surface area contributed by atoms with Gasteiger partial charge in [-0.3, -0.25) is 4.68 Å². The van der Waals surface area contributed by atoms with E-state index in [0.29, 0.717) is 12.8 Å². The molecule has 17 heavy (non-hydrogen) atoms. The van der Waals surface area contributed by atoms with Crippen LogP contribution in [-0.2, 0) is 5.38 Å². The Morgan fingerprint density at radius 3 is 2.47 bits per heavy atom. The number of hydrogen-bond donors (Lipinski definition) is 1. The monoisotopic (exact) mass is 266 g/mol. The number of halogens is 3. The zero-order valence-electron chi connectivity index (χ0n) is 9.45. The summed E-state index contributed by atoms with van der Waals surface area (Å²) in [6.45, 7) is 3.62. The van der Waals surface area contributed by atoms with Crippen molar-refractivity contribution in [3.63, 3.8) is 0 Å². The fourth-order valence-electron chi connectivity index (χ4n) is 1.71. The lowest BCUT2D eigenvalue weighted by atomic mass is 10.1. The highest BCUT2D eigenvalue weighted by Gasteiger charge is 2.39. The Bertz CT molecular complexity index is 411. The molecule has 96 valence electrons. The number of aromatic carboxylic acids is 1. The second kappa shape index (κ2) is 5.00. The topological polar surface area (TPSA) is 55.1 Å². The van der Waals surface area contributed by atoms with E-state index in [1.165, 1.54) is 0 Å². The average Bonchev–Trinajstić information content (AvgIpc) is 2.63. The molecule has 1 aromatic rings. The van der Waals surface area contributed by atoms with Gasteiger partial charge in [0.25, 0.3) is 0 Å². The second-order valence-corrected chi connectivity index (χ2v) is 4.10. The van der Waals surface area contributed by atoms with Crippen molar-refractivity contribution < 1.29 is 18.7 Å². The lowest BCUT2D eigenvalue weighted by Crippen LogP contribution is -2.20. The predicted octanol–water partition coefficient (Wildman–Crippen LogP) is 3.23. The maximum Gasteiger partial charge on any atom is 0.365 e. The van der Waals surface area contributed by atoms with Crippen molar-refractivity contribution in [2.24, 2.45) is 0 Å². The van der Waals surface area contributed by atoms with E-state index in [0.717, 1.165) is 10.9 Å². The third-order valence-corrected chi connectivity index (χ3v) is 2.76. The Labute approximate surface area is 102 Å². The first-order chi connectivity index (χ1) is 7.82. The summed E-state index contributed by atoms with van der Waals surface area (Å²) in [4.78, 5) is 10.8. The molecular weight excluding hydrogens is 254 g/mol.